The van der Waals surface area contributed by atoms with Gasteiger partial charge in [0.15, 0.2) is 0 Å². The molecule has 20 heavy (non-hydrogen) atoms. The number of hydrogen-bond donors (Lipinski definition) is 1. The maximum Gasteiger partial charge on any atom is 0.234 e. The van der Waals surface area contributed by atoms with Crippen molar-refractivity contribution in [2.45, 2.75) is 16.6 Å². The zero-order valence-electron chi connectivity index (χ0n) is 11.2. The van der Waals surface area contributed by atoms with Crippen molar-refractivity contribution in [3.05, 3.63) is 60.2 Å². The molecule has 0 saturated heterocycles. The van der Waals surface area contributed by atoms with Gasteiger partial charge in [0.1, 0.15) is 0 Å². The fourth-order valence-corrected chi connectivity index (χ4v) is 2.93. The number of rotatable bonds is 5. The molecule has 0 radical (unpaired) electrons. The first-order valence-corrected chi connectivity index (χ1v) is 8.27. The van der Waals surface area contributed by atoms with Crippen LogP contribution in [0.3, 0.4) is 0 Å². The number of amides is 1. The molecule has 0 bridgehead atoms. The summed E-state index contributed by atoms with van der Waals surface area (Å²) in [5.41, 5.74) is 1.96. The molecule has 0 saturated carbocycles. The van der Waals surface area contributed by atoms with Gasteiger partial charge in [-0.05, 0) is 30.7 Å². The van der Waals surface area contributed by atoms with Gasteiger partial charge in [0, 0.05) is 15.4 Å². The van der Waals surface area contributed by atoms with Crippen LogP contribution >= 0.6 is 27.7 Å². The Morgan fingerprint density at radius 2 is 1.80 bits per heavy atom. The van der Waals surface area contributed by atoms with Gasteiger partial charge in [-0.15, -0.1) is 11.8 Å². The van der Waals surface area contributed by atoms with Gasteiger partial charge >= 0.3 is 0 Å². The second kappa shape index (κ2) is 7.50. The highest BCUT2D eigenvalue weighted by atomic mass is 79.9. The minimum absolute atomic E-state index is 0.0134. The Kier molecular flexibility index (Phi) is 5.68. The SMILES string of the molecule is CC(Br)c1ccccc1NC(=O)CSc1ccccc1. The molecule has 1 N–H and O–H groups in total. The standard InChI is InChI=1S/C16H16BrNOS/c1-12(17)14-9-5-6-10-15(14)18-16(19)11-20-13-7-3-2-4-8-13/h2-10,12H,11H2,1H3,(H,18,19). The number of hydrogen-bond acceptors (Lipinski definition) is 2. The van der Waals surface area contributed by atoms with Crippen molar-refractivity contribution < 1.29 is 4.79 Å². The molecule has 1 atom stereocenters. The molecule has 2 nitrogen and oxygen atoms in total. The summed E-state index contributed by atoms with van der Waals surface area (Å²) in [5, 5.41) is 2.97. The van der Waals surface area contributed by atoms with Crippen LogP contribution in [-0.4, -0.2) is 11.7 Å². The molecule has 0 fully saturated rings. The van der Waals surface area contributed by atoms with Gasteiger partial charge in [-0.25, -0.2) is 0 Å². The number of para-hydroxylation sites is 1. The molecular formula is C16H16BrNOS. The third kappa shape index (κ3) is 4.39. The third-order valence-corrected chi connectivity index (χ3v) is 4.28. The third-order valence-electron chi connectivity index (χ3n) is 2.78. The molecule has 4 heteroatoms. The zero-order valence-corrected chi connectivity index (χ0v) is 13.6. The van der Waals surface area contributed by atoms with E-state index in [4.69, 9.17) is 0 Å². The number of carbonyl (C=O) groups is 1. The van der Waals surface area contributed by atoms with Crippen molar-refractivity contribution in [2.75, 3.05) is 11.1 Å². The van der Waals surface area contributed by atoms with Crippen molar-refractivity contribution in [1.82, 2.24) is 0 Å². The highest BCUT2D eigenvalue weighted by molar-refractivity contribution is 9.09. The number of thioether (sulfide) groups is 1. The first-order chi connectivity index (χ1) is 9.66. The van der Waals surface area contributed by atoms with Crippen LogP contribution in [0.25, 0.3) is 0 Å². The van der Waals surface area contributed by atoms with Crippen LogP contribution in [0.1, 0.15) is 17.3 Å². The second-order valence-electron chi connectivity index (χ2n) is 4.35. The smallest absolute Gasteiger partial charge is 0.234 e. The van der Waals surface area contributed by atoms with Crippen molar-refractivity contribution in [3.63, 3.8) is 0 Å². The minimum Gasteiger partial charge on any atom is -0.325 e. The van der Waals surface area contributed by atoms with E-state index >= 15 is 0 Å². The van der Waals surface area contributed by atoms with Crippen molar-refractivity contribution in [2.24, 2.45) is 0 Å². The Bertz CT molecular complexity index is 572. The number of nitrogens with one attached hydrogen (secondary N) is 1. The summed E-state index contributed by atoms with van der Waals surface area (Å²) in [6.45, 7) is 2.05. The molecule has 2 aromatic rings. The van der Waals surface area contributed by atoms with Gasteiger partial charge in [-0.2, -0.15) is 0 Å². The summed E-state index contributed by atoms with van der Waals surface area (Å²) in [6, 6.07) is 17.8. The molecule has 0 aliphatic heterocycles. The van der Waals surface area contributed by atoms with Gasteiger partial charge < -0.3 is 5.32 Å². The summed E-state index contributed by atoms with van der Waals surface area (Å²) in [6.07, 6.45) is 0. The fraction of sp³-hybridized carbons (Fsp3) is 0.188. The van der Waals surface area contributed by atoms with E-state index in [1.165, 1.54) is 11.8 Å². The van der Waals surface area contributed by atoms with E-state index in [0.29, 0.717) is 5.75 Å². The summed E-state index contributed by atoms with van der Waals surface area (Å²) in [4.78, 5) is 13.3. The topological polar surface area (TPSA) is 29.1 Å². The lowest BCUT2D eigenvalue weighted by atomic mass is 10.1. The molecule has 0 aliphatic rings. The predicted molar refractivity (Wildman–Crippen MR) is 89.6 cm³/mol. The van der Waals surface area contributed by atoms with E-state index in [-0.39, 0.29) is 10.7 Å². The zero-order chi connectivity index (χ0) is 14.4. The molecule has 0 spiro atoms. The van der Waals surface area contributed by atoms with Crippen LogP contribution in [-0.2, 0) is 4.79 Å². The molecule has 2 rings (SSSR count). The fourth-order valence-electron chi connectivity index (χ4n) is 1.81. The number of carbonyl (C=O) groups excluding carboxylic acids is 1. The molecule has 0 heterocycles. The van der Waals surface area contributed by atoms with E-state index in [1.807, 2.05) is 61.5 Å². The molecule has 0 aliphatic carbocycles. The maximum atomic E-state index is 12.0. The Hall–Kier alpha value is -1.26. The minimum atomic E-state index is 0.0134. The van der Waals surface area contributed by atoms with Gasteiger partial charge in [0.25, 0.3) is 0 Å². The summed E-state index contributed by atoms with van der Waals surface area (Å²) >= 11 is 5.08. The van der Waals surface area contributed by atoms with Crippen molar-refractivity contribution in [3.8, 4) is 0 Å². The van der Waals surface area contributed by atoms with Crippen LogP contribution in [0.5, 0.6) is 0 Å². The number of benzene rings is 2. The maximum absolute atomic E-state index is 12.0. The second-order valence-corrected chi connectivity index (χ2v) is 6.78. The summed E-state index contributed by atoms with van der Waals surface area (Å²) < 4.78 is 0. The molecule has 1 unspecified atom stereocenters. The van der Waals surface area contributed by atoms with E-state index in [9.17, 15) is 4.79 Å². The highest BCUT2D eigenvalue weighted by Gasteiger charge is 2.10. The molecule has 0 aromatic heterocycles. The van der Waals surface area contributed by atoms with Crippen molar-refractivity contribution in [1.29, 1.82) is 0 Å². The normalized spacial score (nSPS) is 11.9. The lowest BCUT2D eigenvalue weighted by Crippen LogP contribution is -2.15. The molecular weight excluding hydrogens is 334 g/mol. The quantitative estimate of drug-likeness (QED) is 0.616. The van der Waals surface area contributed by atoms with E-state index < -0.39 is 0 Å². The Balaban J connectivity index is 1.95. The summed E-state index contributed by atoms with van der Waals surface area (Å²) in [7, 11) is 0. The predicted octanol–water partition coefficient (Wildman–Crippen LogP) is 4.87. The van der Waals surface area contributed by atoms with Gasteiger partial charge in [0.05, 0.1) is 5.75 Å². The Morgan fingerprint density at radius 1 is 1.15 bits per heavy atom. The van der Waals surface area contributed by atoms with Crippen LogP contribution in [0.4, 0.5) is 5.69 Å². The van der Waals surface area contributed by atoms with E-state index in [0.717, 1.165) is 16.1 Å². The monoisotopic (exact) mass is 349 g/mol. The largest absolute Gasteiger partial charge is 0.325 e. The number of alkyl halides is 1. The number of halogens is 1. The van der Waals surface area contributed by atoms with Gasteiger partial charge in [-0.1, -0.05) is 52.3 Å². The van der Waals surface area contributed by atoms with Gasteiger partial charge in [0.2, 0.25) is 5.91 Å². The van der Waals surface area contributed by atoms with Crippen LogP contribution in [0, 0.1) is 0 Å². The van der Waals surface area contributed by atoms with Crippen LogP contribution in [0.2, 0.25) is 0 Å². The van der Waals surface area contributed by atoms with Crippen molar-refractivity contribution >= 4 is 39.3 Å². The Morgan fingerprint density at radius 3 is 2.50 bits per heavy atom. The molecule has 1 amide bonds. The average molecular weight is 350 g/mol. The number of anilines is 1. The van der Waals surface area contributed by atoms with Gasteiger partial charge in [-0.3, -0.25) is 4.79 Å². The molecule has 2 aromatic carbocycles. The lowest BCUT2D eigenvalue weighted by Gasteiger charge is -2.12. The average Bonchev–Trinajstić information content (AvgIpc) is 2.46. The van der Waals surface area contributed by atoms with E-state index in [2.05, 4.69) is 21.2 Å². The van der Waals surface area contributed by atoms with Crippen LogP contribution in [0.15, 0.2) is 59.5 Å². The summed E-state index contributed by atoms with van der Waals surface area (Å²) in [5.74, 6) is 0.425. The van der Waals surface area contributed by atoms with E-state index in [1.54, 1.807) is 0 Å². The lowest BCUT2D eigenvalue weighted by molar-refractivity contribution is -0.113. The Labute approximate surface area is 132 Å². The molecule has 104 valence electrons. The van der Waals surface area contributed by atoms with Crippen LogP contribution < -0.4 is 5.32 Å². The first kappa shape index (κ1) is 15.1. The highest BCUT2D eigenvalue weighted by Crippen LogP contribution is 2.28. The first-order valence-electron chi connectivity index (χ1n) is 6.37.